The highest BCUT2D eigenvalue weighted by Crippen LogP contribution is 2.22. The molecule has 0 aliphatic rings. The molecule has 0 aliphatic heterocycles. The second-order valence-corrected chi connectivity index (χ2v) is 5.28. The highest BCUT2D eigenvalue weighted by molar-refractivity contribution is 6.31. The van der Waals surface area contributed by atoms with Crippen molar-refractivity contribution in [2.45, 2.75) is 20.3 Å². The van der Waals surface area contributed by atoms with E-state index in [1.807, 2.05) is 19.1 Å². The first-order chi connectivity index (χ1) is 11.1. The number of aliphatic imine (C=N–C) groups is 1. The molecule has 1 aromatic carbocycles. The molecule has 1 rings (SSSR count). The van der Waals surface area contributed by atoms with E-state index >= 15 is 0 Å². The Balaban J connectivity index is 2.48. The van der Waals surface area contributed by atoms with Crippen molar-refractivity contribution in [2.24, 2.45) is 4.99 Å². The first kappa shape index (κ1) is 19.1. The SMILES string of the molecule is CCNC(=NCCc1ccc(OC)cc1Cl)NCCNC(C)=O. The maximum Gasteiger partial charge on any atom is 0.216 e. The van der Waals surface area contributed by atoms with Crippen LogP contribution in [-0.2, 0) is 11.2 Å². The fourth-order valence-corrected chi connectivity index (χ4v) is 2.17. The maximum atomic E-state index is 10.8. The number of hydrogen-bond donors (Lipinski definition) is 3. The number of methoxy groups -OCH3 is 1. The van der Waals surface area contributed by atoms with E-state index in [4.69, 9.17) is 16.3 Å². The molecule has 0 radical (unpaired) electrons. The van der Waals surface area contributed by atoms with Gasteiger partial charge in [-0.3, -0.25) is 9.79 Å². The molecule has 1 amide bonds. The summed E-state index contributed by atoms with van der Waals surface area (Å²) in [7, 11) is 1.62. The van der Waals surface area contributed by atoms with Crippen molar-refractivity contribution in [2.75, 3.05) is 33.3 Å². The van der Waals surface area contributed by atoms with E-state index in [1.54, 1.807) is 13.2 Å². The van der Waals surface area contributed by atoms with Crippen LogP contribution in [0.2, 0.25) is 5.02 Å². The zero-order valence-corrected chi connectivity index (χ0v) is 14.7. The summed E-state index contributed by atoms with van der Waals surface area (Å²) in [5.74, 6) is 1.43. The number of amides is 1. The van der Waals surface area contributed by atoms with Gasteiger partial charge in [0.05, 0.1) is 7.11 Å². The normalized spacial score (nSPS) is 11.0. The molecule has 0 aromatic heterocycles. The number of carbonyl (C=O) groups is 1. The Labute approximate surface area is 142 Å². The molecule has 0 saturated heterocycles. The van der Waals surface area contributed by atoms with E-state index < -0.39 is 0 Å². The minimum absolute atomic E-state index is 0.0390. The highest BCUT2D eigenvalue weighted by Gasteiger charge is 2.03. The van der Waals surface area contributed by atoms with E-state index in [9.17, 15) is 4.79 Å². The average molecular weight is 341 g/mol. The van der Waals surface area contributed by atoms with E-state index in [1.165, 1.54) is 6.92 Å². The Morgan fingerprint density at radius 2 is 2.00 bits per heavy atom. The highest BCUT2D eigenvalue weighted by atomic mass is 35.5. The van der Waals surface area contributed by atoms with Gasteiger partial charge in [0, 0.05) is 38.1 Å². The predicted octanol–water partition coefficient (Wildman–Crippen LogP) is 1.58. The largest absolute Gasteiger partial charge is 0.497 e. The fourth-order valence-electron chi connectivity index (χ4n) is 1.91. The molecule has 0 saturated carbocycles. The van der Waals surface area contributed by atoms with Gasteiger partial charge in [-0.2, -0.15) is 0 Å². The number of ether oxygens (including phenoxy) is 1. The topological polar surface area (TPSA) is 74.8 Å². The van der Waals surface area contributed by atoms with Crippen molar-refractivity contribution in [3.63, 3.8) is 0 Å². The van der Waals surface area contributed by atoms with E-state index in [2.05, 4.69) is 20.9 Å². The van der Waals surface area contributed by atoms with Crippen molar-refractivity contribution in [3.05, 3.63) is 28.8 Å². The molecular weight excluding hydrogens is 316 g/mol. The number of rotatable bonds is 8. The van der Waals surface area contributed by atoms with Gasteiger partial charge in [0.1, 0.15) is 5.75 Å². The number of guanidine groups is 1. The van der Waals surface area contributed by atoms with Gasteiger partial charge in [0.15, 0.2) is 5.96 Å². The molecule has 0 atom stereocenters. The molecule has 0 bridgehead atoms. The van der Waals surface area contributed by atoms with Crippen LogP contribution >= 0.6 is 11.6 Å². The lowest BCUT2D eigenvalue weighted by molar-refractivity contribution is -0.118. The standard InChI is InChI=1S/C16H25ClN4O2/c1-4-18-16(21-10-9-19-12(2)22)20-8-7-13-5-6-14(23-3)11-15(13)17/h5-6,11H,4,7-10H2,1-3H3,(H,19,22)(H2,18,20,21). The number of nitrogens with one attached hydrogen (secondary N) is 3. The number of halogens is 1. The van der Waals surface area contributed by atoms with Crippen LogP contribution in [0.4, 0.5) is 0 Å². The van der Waals surface area contributed by atoms with Gasteiger partial charge in [-0.25, -0.2) is 0 Å². The number of hydrogen-bond acceptors (Lipinski definition) is 3. The Hall–Kier alpha value is -1.95. The molecule has 7 heteroatoms. The lowest BCUT2D eigenvalue weighted by Crippen LogP contribution is -2.41. The summed E-state index contributed by atoms with van der Waals surface area (Å²) in [5.41, 5.74) is 1.03. The van der Waals surface area contributed by atoms with Gasteiger partial charge in [0.2, 0.25) is 5.91 Å². The number of benzene rings is 1. The molecule has 0 unspecified atom stereocenters. The van der Waals surface area contributed by atoms with Gasteiger partial charge < -0.3 is 20.7 Å². The minimum Gasteiger partial charge on any atom is -0.497 e. The Morgan fingerprint density at radius 3 is 2.61 bits per heavy atom. The Bertz CT molecular complexity index is 535. The summed E-state index contributed by atoms with van der Waals surface area (Å²) in [6, 6.07) is 5.65. The van der Waals surface area contributed by atoms with E-state index in [0.717, 1.165) is 30.2 Å². The summed E-state index contributed by atoms with van der Waals surface area (Å²) in [6.45, 7) is 6.07. The van der Waals surface area contributed by atoms with Crippen LogP contribution in [0.5, 0.6) is 5.75 Å². The molecule has 0 aliphatic carbocycles. The smallest absolute Gasteiger partial charge is 0.216 e. The van der Waals surface area contributed by atoms with Gasteiger partial charge in [-0.1, -0.05) is 17.7 Å². The third-order valence-corrected chi connectivity index (χ3v) is 3.40. The summed E-state index contributed by atoms with van der Waals surface area (Å²) in [5, 5.41) is 9.74. The number of nitrogens with zero attached hydrogens (tertiary/aromatic N) is 1. The van der Waals surface area contributed by atoms with Crippen molar-refractivity contribution in [1.82, 2.24) is 16.0 Å². The molecule has 6 nitrogen and oxygen atoms in total. The van der Waals surface area contributed by atoms with Crippen LogP contribution in [0.25, 0.3) is 0 Å². The first-order valence-corrected chi connectivity index (χ1v) is 8.03. The van der Waals surface area contributed by atoms with Crippen molar-refractivity contribution in [3.8, 4) is 5.75 Å². The molecule has 128 valence electrons. The van der Waals surface area contributed by atoms with Crippen LogP contribution in [0.15, 0.2) is 23.2 Å². The van der Waals surface area contributed by atoms with Crippen LogP contribution in [0.3, 0.4) is 0 Å². The molecular formula is C16H25ClN4O2. The summed E-state index contributed by atoms with van der Waals surface area (Å²) < 4.78 is 5.13. The maximum absolute atomic E-state index is 10.8. The van der Waals surface area contributed by atoms with Crippen molar-refractivity contribution in [1.29, 1.82) is 0 Å². The fraction of sp³-hybridized carbons (Fsp3) is 0.500. The van der Waals surface area contributed by atoms with Crippen LogP contribution in [0.1, 0.15) is 19.4 Å². The second kappa shape index (κ2) is 10.7. The van der Waals surface area contributed by atoms with E-state index in [0.29, 0.717) is 24.7 Å². The third-order valence-electron chi connectivity index (χ3n) is 3.05. The predicted molar refractivity (Wildman–Crippen MR) is 94.4 cm³/mol. The zero-order chi connectivity index (χ0) is 17.1. The monoisotopic (exact) mass is 340 g/mol. The van der Waals surface area contributed by atoms with Crippen LogP contribution in [-0.4, -0.2) is 45.2 Å². The third kappa shape index (κ3) is 7.74. The molecule has 0 spiro atoms. The lowest BCUT2D eigenvalue weighted by atomic mass is 10.1. The van der Waals surface area contributed by atoms with Crippen molar-refractivity contribution < 1.29 is 9.53 Å². The Morgan fingerprint density at radius 1 is 1.26 bits per heavy atom. The average Bonchev–Trinajstić information content (AvgIpc) is 2.52. The summed E-state index contributed by atoms with van der Waals surface area (Å²) in [4.78, 5) is 15.3. The number of carbonyl (C=O) groups excluding carboxylic acids is 1. The van der Waals surface area contributed by atoms with Gasteiger partial charge in [0.25, 0.3) is 0 Å². The molecule has 0 heterocycles. The van der Waals surface area contributed by atoms with Gasteiger partial charge in [-0.05, 0) is 31.0 Å². The van der Waals surface area contributed by atoms with Crippen LogP contribution < -0.4 is 20.7 Å². The molecule has 0 fully saturated rings. The van der Waals surface area contributed by atoms with Crippen LogP contribution in [0, 0.1) is 0 Å². The molecule has 1 aromatic rings. The van der Waals surface area contributed by atoms with Gasteiger partial charge in [-0.15, -0.1) is 0 Å². The minimum atomic E-state index is -0.0390. The Kier molecular flexibility index (Phi) is 8.90. The first-order valence-electron chi connectivity index (χ1n) is 7.65. The molecule has 23 heavy (non-hydrogen) atoms. The summed E-state index contributed by atoms with van der Waals surface area (Å²) >= 11 is 6.22. The summed E-state index contributed by atoms with van der Waals surface area (Å²) in [6.07, 6.45) is 0.741. The van der Waals surface area contributed by atoms with Crippen molar-refractivity contribution >= 4 is 23.5 Å². The van der Waals surface area contributed by atoms with E-state index in [-0.39, 0.29) is 5.91 Å². The molecule has 3 N–H and O–H groups in total. The zero-order valence-electron chi connectivity index (χ0n) is 13.9. The second-order valence-electron chi connectivity index (χ2n) is 4.88. The van der Waals surface area contributed by atoms with Gasteiger partial charge >= 0.3 is 0 Å². The quantitative estimate of drug-likeness (QED) is 0.381. The lowest BCUT2D eigenvalue weighted by Gasteiger charge is -2.11.